The number of cyclic esters (lactones) is 1. The molecule has 0 bridgehead atoms. The van der Waals surface area contributed by atoms with Gasteiger partial charge in [0.15, 0.2) is 0 Å². The lowest BCUT2D eigenvalue weighted by molar-refractivity contribution is -0.129. The largest absolute Gasteiger partial charge is 0.446 e. The molecule has 1 N–H and O–H groups in total. The molecule has 3 amide bonds. The molecule has 2 heterocycles. The topological polar surface area (TPSA) is 75.7 Å². The molecule has 1 saturated heterocycles. The molecular weight excluding hydrogens is 284 g/mol. The summed E-state index contributed by atoms with van der Waals surface area (Å²) in [6.45, 7) is 0.404. The first kappa shape index (κ1) is 14.6. The maximum atomic E-state index is 12.9. The van der Waals surface area contributed by atoms with Gasteiger partial charge in [-0.05, 0) is 30.9 Å². The van der Waals surface area contributed by atoms with Gasteiger partial charge in [-0.3, -0.25) is 14.9 Å². The first-order valence-electron chi connectivity index (χ1n) is 7.53. The second kappa shape index (κ2) is 6.17. The van der Waals surface area contributed by atoms with Crippen LogP contribution >= 0.6 is 0 Å². The molecule has 1 unspecified atom stereocenters. The summed E-state index contributed by atoms with van der Waals surface area (Å²) in [4.78, 5) is 37.5. The van der Waals surface area contributed by atoms with E-state index in [4.69, 9.17) is 4.74 Å². The van der Waals surface area contributed by atoms with Crippen molar-refractivity contribution in [2.75, 3.05) is 13.2 Å². The lowest BCUT2D eigenvalue weighted by Gasteiger charge is -2.32. The van der Waals surface area contributed by atoms with Gasteiger partial charge < -0.3 is 9.64 Å². The zero-order chi connectivity index (χ0) is 15.5. The highest BCUT2D eigenvalue weighted by atomic mass is 16.6. The van der Waals surface area contributed by atoms with Crippen LogP contribution < -0.4 is 5.32 Å². The van der Waals surface area contributed by atoms with Gasteiger partial charge in [-0.2, -0.15) is 0 Å². The van der Waals surface area contributed by atoms with Crippen molar-refractivity contribution in [3.8, 4) is 0 Å². The second-order valence-corrected chi connectivity index (χ2v) is 5.57. The van der Waals surface area contributed by atoms with Gasteiger partial charge in [0.2, 0.25) is 0 Å². The molecular formula is C16H18N2O4. The molecule has 2 aliphatic rings. The van der Waals surface area contributed by atoms with Gasteiger partial charge in [0, 0.05) is 12.1 Å². The van der Waals surface area contributed by atoms with E-state index in [0.717, 1.165) is 31.2 Å². The van der Waals surface area contributed by atoms with Gasteiger partial charge in [0.05, 0.1) is 0 Å². The Kier molecular flexibility index (Phi) is 4.09. The van der Waals surface area contributed by atoms with Gasteiger partial charge in [-0.25, -0.2) is 4.79 Å². The van der Waals surface area contributed by atoms with Crippen molar-refractivity contribution in [1.29, 1.82) is 0 Å². The molecule has 1 aromatic carbocycles. The SMILES string of the molecule is O=C1NC(=O)C(N2CCCCCc3ccccc3C2=O)CO1. The van der Waals surface area contributed by atoms with Crippen LogP contribution in [-0.2, 0) is 16.0 Å². The fourth-order valence-electron chi connectivity index (χ4n) is 2.96. The summed E-state index contributed by atoms with van der Waals surface area (Å²) < 4.78 is 4.89. The molecule has 116 valence electrons. The number of carbonyl (C=O) groups excluding carboxylic acids is 3. The molecule has 6 nitrogen and oxygen atoms in total. The Morgan fingerprint density at radius 3 is 2.73 bits per heavy atom. The number of imide groups is 1. The number of hydrogen-bond donors (Lipinski definition) is 1. The minimum Gasteiger partial charge on any atom is -0.446 e. The number of ether oxygens (including phenoxy) is 1. The number of alkyl carbamates (subject to hydrolysis) is 1. The van der Waals surface area contributed by atoms with Gasteiger partial charge in [-0.15, -0.1) is 0 Å². The highest BCUT2D eigenvalue weighted by Crippen LogP contribution is 2.20. The van der Waals surface area contributed by atoms with Crippen molar-refractivity contribution in [3.05, 3.63) is 35.4 Å². The highest BCUT2D eigenvalue weighted by molar-refractivity contribution is 6.02. The molecule has 0 aromatic heterocycles. The van der Waals surface area contributed by atoms with E-state index in [0.29, 0.717) is 12.1 Å². The Morgan fingerprint density at radius 1 is 1.09 bits per heavy atom. The first-order chi connectivity index (χ1) is 10.7. The maximum Gasteiger partial charge on any atom is 0.413 e. The predicted octanol–water partition coefficient (Wildman–Crippen LogP) is 1.49. The van der Waals surface area contributed by atoms with E-state index in [1.165, 1.54) is 4.90 Å². The van der Waals surface area contributed by atoms with Crippen LogP contribution in [0.15, 0.2) is 24.3 Å². The van der Waals surface area contributed by atoms with E-state index in [-0.39, 0.29) is 12.5 Å². The van der Waals surface area contributed by atoms with Crippen molar-refractivity contribution in [2.24, 2.45) is 0 Å². The number of amides is 3. The minimum atomic E-state index is -0.753. The number of hydrogen-bond acceptors (Lipinski definition) is 4. The fourth-order valence-corrected chi connectivity index (χ4v) is 2.96. The zero-order valence-electron chi connectivity index (χ0n) is 12.2. The smallest absolute Gasteiger partial charge is 0.413 e. The van der Waals surface area contributed by atoms with Crippen molar-refractivity contribution < 1.29 is 19.1 Å². The second-order valence-electron chi connectivity index (χ2n) is 5.57. The summed E-state index contributed by atoms with van der Waals surface area (Å²) in [6, 6.07) is 6.74. The molecule has 22 heavy (non-hydrogen) atoms. The summed E-state index contributed by atoms with van der Waals surface area (Å²) in [5, 5.41) is 2.13. The number of nitrogens with one attached hydrogen (secondary N) is 1. The van der Waals surface area contributed by atoms with Crippen molar-refractivity contribution in [3.63, 3.8) is 0 Å². The van der Waals surface area contributed by atoms with Gasteiger partial charge in [0.1, 0.15) is 12.6 Å². The summed E-state index contributed by atoms with van der Waals surface area (Å²) >= 11 is 0. The fraction of sp³-hybridized carbons (Fsp3) is 0.438. The van der Waals surface area contributed by atoms with E-state index >= 15 is 0 Å². The van der Waals surface area contributed by atoms with Crippen molar-refractivity contribution >= 4 is 17.9 Å². The molecule has 0 saturated carbocycles. The number of rotatable bonds is 1. The van der Waals surface area contributed by atoms with Crippen LogP contribution in [0.25, 0.3) is 0 Å². The average Bonchev–Trinajstić information content (AvgIpc) is 2.58. The molecule has 6 heteroatoms. The third-order valence-electron chi connectivity index (χ3n) is 4.13. The quantitative estimate of drug-likeness (QED) is 0.853. The minimum absolute atomic E-state index is 0.0847. The van der Waals surface area contributed by atoms with E-state index < -0.39 is 18.0 Å². The van der Waals surface area contributed by atoms with Crippen LogP contribution in [0.5, 0.6) is 0 Å². The third kappa shape index (κ3) is 2.81. The predicted molar refractivity (Wildman–Crippen MR) is 78.3 cm³/mol. The van der Waals surface area contributed by atoms with Crippen LogP contribution in [-0.4, -0.2) is 42.0 Å². The van der Waals surface area contributed by atoms with Crippen LogP contribution in [0.3, 0.4) is 0 Å². The number of benzene rings is 1. The molecule has 1 atom stereocenters. The Hall–Kier alpha value is -2.37. The van der Waals surface area contributed by atoms with Crippen LogP contribution in [0.1, 0.15) is 35.2 Å². The number of aryl methyl sites for hydroxylation is 1. The molecule has 0 spiro atoms. The monoisotopic (exact) mass is 302 g/mol. The average molecular weight is 302 g/mol. The zero-order valence-corrected chi connectivity index (χ0v) is 12.2. The third-order valence-corrected chi connectivity index (χ3v) is 4.13. The standard InChI is InChI=1S/C16H18N2O4/c19-14-13(10-22-16(21)17-14)18-9-5-1-2-6-11-7-3-4-8-12(11)15(18)20/h3-4,7-8,13H,1-2,5-6,9-10H2,(H,17,19,21). The molecule has 3 rings (SSSR count). The van der Waals surface area contributed by atoms with Crippen LogP contribution in [0.4, 0.5) is 4.79 Å². The van der Waals surface area contributed by atoms with Crippen LogP contribution in [0, 0.1) is 0 Å². The normalized spacial score (nSPS) is 22.8. The Balaban J connectivity index is 1.91. The van der Waals surface area contributed by atoms with Gasteiger partial charge in [0.25, 0.3) is 11.8 Å². The Bertz CT molecular complexity index is 614. The van der Waals surface area contributed by atoms with E-state index in [9.17, 15) is 14.4 Å². The summed E-state index contributed by atoms with van der Waals surface area (Å²) in [5.74, 6) is -0.642. The summed E-state index contributed by atoms with van der Waals surface area (Å²) in [5.41, 5.74) is 1.64. The highest BCUT2D eigenvalue weighted by Gasteiger charge is 2.36. The lowest BCUT2D eigenvalue weighted by Crippen LogP contribution is -2.57. The van der Waals surface area contributed by atoms with Crippen LogP contribution in [0.2, 0.25) is 0 Å². The summed E-state index contributed by atoms with van der Waals surface area (Å²) in [6.07, 6.45) is 2.95. The number of nitrogens with zero attached hydrogens (tertiary/aromatic N) is 1. The molecule has 1 aromatic rings. The maximum absolute atomic E-state index is 12.9. The van der Waals surface area contributed by atoms with E-state index in [2.05, 4.69) is 5.32 Å². The van der Waals surface area contributed by atoms with Gasteiger partial charge >= 0.3 is 6.09 Å². The first-order valence-corrected chi connectivity index (χ1v) is 7.53. The Labute approximate surface area is 128 Å². The molecule has 1 fully saturated rings. The van der Waals surface area contributed by atoms with Gasteiger partial charge in [-0.1, -0.05) is 24.6 Å². The number of fused-ring (bicyclic) bond motifs is 1. The molecule has 2 aliphatic heterocycles. The molecule has 0 aliphatic carbocycles. The Morgan fingerprint density at radius 2 is 1.91 bits per heavy atom. The number of carbonyl (C=O) groups is 3. The van der Waals surface area contributed by atoms with E-state index in [1.54, 1.807) is 6.07 Å². The van der Waals surface area contributed by atoms with E-state index in [1.807, 2.05) is 18.2 Å². The summed E-state index contributed by atoms with van der Waals surface area (Å²) in [7, 11) is 0. The molecule has 0 radical (unpaired) electrons. The van der Waals surface area contributed by atoms with Crippen molar-refractivity contribution in [2.45, 2.75) is 31.7 Å². The van der Waals surface area contributed by atoms with Crippen molar-refractivity contribution in [1.82, 2.24) is 10.2 Å². The lowest BCUT2D eigenvalue weighted by atomic mass is 10.0.